The monoisotopic (exact) mass is 675 g/mol. The zero-order chi connectivity index (χ0) is 34.9. The van der Waals surface area contributed by atoms with E-state index in [1.54, 1.807) is 0 Å². The van der Waals surface area contributed by atoms with E-state index in [0.717, 1.165) is 65.9 Å². The van der Waals surface area contributed by atoms with Crippen molar-refractivity contribution in [3.63, 3.8) is 0 Å². The third-order valence-corrected chi connectivity index (χ3v) is 10.5. The van der Waals surface area contributed by atoms with Crippen LogP contribution < -0.4 is 0 Å². The molecule has 11 aromatic rings. The van der Waals surface area contributed by atoms with E-state index in [9.17, 15) is 0 Å². The van der Waals surface area contributed by atoms with E-state index >= 15 is 0 Å². The molecule has 4 nitrogen and oxygen atoms in total. The van der Waals surface area contributed by atoms with Gasteiger partial charge in [-0.25, -0.2) is 15.0 Å². The molecule has 0 spiro atoms. The third-order valence-electron chi connectivity index (χ3n) is 10.5. The van der Waals surface area contributed by atoms with Gasteiger partial charge in [-0.2, -0.15) is 0 Å². The zero-order valence-corrected chi connectivity index (χ0v) is 28.5. The molecule has 0 aliphatic heterocycles. The maximum absolute atomic E-state index is 6.49. The molecule has 11 rings (SSSR count). The average molecular weight is 676 g/mol. The Kier molecular flexibility index (Phi) is 6.52. The number of nitrogens with zero attached hydrogens (tertiary/aromatic N) is 3. The lowest BCUT2D eigenvalue weighted by atomic mass is 9.92. The summed E-state index contributed by atoms with van der Waals surface area (Å²) in [6.45, 7) is 0. The SMILES string of the molecule is c1ccc(-c2nc(-c3cccc4oc5ccc(-c6ccc7ccccc7c6)cc5c34)nc(-c3cc4ccccc4c4ccc5ccccc5c34)n2)cc1. The van der Waals surface area contributed by atoms with Crippen LogP contribution in [-0.2, 0) is 0 Å². The van der Waals surface area contributed by atoms with Crippen molar-refractivity contribution in [1.29, 1.82) is 0 Å². The van der Waals surface area contributed by atoms with E-state index in [1.807, 2.05) is 30.3 Å². The molecule has 246 valence electrons. The quantitative estimate of drug-likeness (QED) is 0.174. The van der Waals surface area contributed by atoms with Crippen LogP contribution in [-0.4, -0.2) is 15.0 Å². The van der Waals surface area contributed by atoms with Gasteiger partial charge < -0.3 is 4.42 Å². The largest absolute Gasteiger partial charge is 0.456 e. The molecule has 0 saturated heterocycles. The van der Waals surface area contributed by atoms with Gasteiger partial charge in [0.15, 0.2) is 17.5 Å². The minimum absolute atomic E-state index is 0.597. The fourth-order valence-electron chi connectivity index (χ4n) is 7.95. The first-order valence-corrected chi connectivity index (χ1v) is 17.9. The fraction of sp³-hybridized carbons (Fsp3) is 0. The molecule has 2 heterocycles. The van der Waals surface area contributed by atoms with Crippen molar-refractivity contribution < 1.29 is 4.42 Å². The highest BCUT2D eigenvalue weighted by atomic mass is 16.3. The van der Waals surface area contributed by atoms with Crippen molar-refractivity contribution in [3.05, 3.63) is 176 Å². The maximum Gasteiger partial charge on any atom is 0.164 e. The van der Waals surface area contributed by atoms with Crippen LogP contribution in [0.4, 0.5) is 0 Å². The number of hydrogen-bond donors (Lipinski definition) is 0. The molecule has 0 radical (unpaired) electrons. The van der Waals surface area contributed by atoms with Gasteiger partial charge >= 0.3 is 0 Å². The average Bonchev–Trinajstić information content (AvgIpc) is 3.61. The van der Waals surface area contributed by atoms with Crippen molar-refractivity contribution in [2.75, 3.05) is 0 Å². The third kappa shape index (κ3) is 4.80. The van der Waals surface area contributed by atoms with Crippen LogP contribution in [0.15, 0.2) is 180 Å². The first kappa shape index (κ1) is 29.5. The first-order chi connectivity index (χ1) is 26.2. The van der Waals surface area contributed by atoms with Gasteiger partial charge in [0.1, 0.15) is 11.2 Å². The van der Waals surface area contributed by atoms with E-state index in [4.69, 9.17) is 19.4 Å². The smallest absolute Gasteiger partial charge is 0.164 e. The van der Waals surface area contributed by atoms with Gasteiger partial charge in [0.25, 0.3) is 0 Å². The Hall–Kier alpha value is -7.17. The van der Waals surface area contributed by atoms with E-state index in [0.29, 0.717) is 17.5 Å². The van der Waals surface area contributed by atoms with E-state index in [-0.39, 0.29) is 0 Å². The van der Waals surface area contributed by atoms with Crippen molar-refractivity contribution in [2.24, 2.45) is 0 Å². The highest BCUT2D eigenvalue weighted by Gasteiger charge is 2.20. The predicted molar refractivity (Wildman–Crippen MR) is 219 cm³/mol. The van der Waals surface area contributed by atoms with Crippen LogP contribution in [0.5, 0.6) is 0 Å². The van der Waals surface area contributed by atoms with Gasteiger partial charge in [-0.05, 0) is 79.2 Å². The van der Waals surface area contributed by atoms with Crippen molar-refractivity contribution >= 4 is 65.0 Å². The fourth-order valence-corrected chi connectivity index (χ4v) is 7.95. The predicted octanol–water partition coefficient (Wildman–Crippen LogP) is 13.1. The van der Waals surface area contributed by atoms with E-state index in [2.05, 4.69) is 146 Å². The summed E-state index contributed by atoms with van der Waals surface area (Å²) >= 11 is 0. The van der Waals surface area contributed by atoms with Crippen molar-refractivity contribution in [2.45, 2.75) is 0 Å². The van der Waals surface area contributed by atoms with Crippen LogP contribution in [0, 0.1) is 0 Å². The Morgan fingerprint density at radius 3 is 1.83 bits per heavy atom. The normalized spacial score (nSPS) is 11.8. The number of aromatic nitrogens is 3. The minimum Gasteiger partial charge on any atom is -0.456 e. The Bertz CT molecular complexity index is 3240. The summed E-state index contributed by atoms with van der Waals surface area (Å²) in [5, 5.41) is 11.4. The Labute approximate surface area is 304 Å². The molecular weight excluding hydrogens is 647 g/mol. The number of fused-ring (bicyclic) bond motifs is 9. The Morgan fingerprint density at radius 2 is 0.962 bits per heavy atom. The number of hydrogen-bond acceptors (Lipinski definition) is 4. The summed E-state index contributed by atoms with van der Waals surface area (Å²) in [6, 6.07) is 61.6. The highest BCUT2D eigenvalue weighted by Crippen LogP contribution is 2.41. The van der Waals surface area contributed by atoms with Crippen LogP contribution in [0.3, 0.4) is 0 Å². The second-order valence-electron chi connectivity index (χ2n) is 13.6. The van der Waals surface area contributed by atoms with Gasteiger partial charge in [-0.3, -0.25) is 0 Å². The summed E-state index contributed by atoms with van der Waals surface area (Å²) in [4.78, 5) is 15.8. The lowest BCUT2D eigenvalue weighted by Crippen LogP contribution is -2.01. The maximum atomic E-state index is 6.49. The number of rotatable bonds is 4. The van der Waals surface area contributed by atoms with Gasteiger partial charge in [0.2, 0.25) is 0 Å². The molecule has 53 heavy (non-hydrogen) atoms. The molecule has 0 N–H and O–H groups in total. The van der Waals surface area contributed by atoms with Gasteiger partial charge in [0.05, 0.1) is 0 Å². The van der Waals surface area contributed by atoms with Crippen LogP contribution in [0.2, 0.25) is 0 Å². The zero-order valence-electron chi connectivity index (χ0n) is 28.5. The molecule has 0 saturated carbocycles. The Balaban J connectivity index is 1.19. The first-order valence-electron chi connectivity index (χ1n) is 17.9. The summed E-state index contributed by atoms with van der Waals surface area (Å²) < 4.78 is 6.49. The minimum atomic E-state index is 0.597. The van der Waals surface area contributed by atoms with Gasteiger partial charge in [0, 0.05) is 32.8 Å². The van der Waals surface area contributed by atoms with E-state index < -0.39 is 0 Å². The van der Waals surface area contributed by atoms with Crippen LogP contribution in [0.1, 0.15) is 0 Å². The molecule has 0 aliphatic carbocycles. The molecule has 4 heteroatoms. The summed E-state index contributed by atoms with van der Waals surface area (Å²) in [5.74, 6) is 1.84. The van der Waals surface area contributed by atoms with E-state index in [1.165, 1.54) is 26.9 Å². The highest BCUT2D eigenvalue weighted by molar-refractivity contribution is 6.22. The molecule has 0 amide bonds. The molecular formula is C49H29N3O. The molecule has 0 fully saturated rings. The summed E-state index contributed by atoms with van der Waals surface area (Å²) in [7, 11) is 0. The lowest BCUT2D eigenvalue weighted by Gasteiger charge is -2.14. The molecule has 0 bridgehead atoms. The van der Waals surface area contributed by atoms with Gasteiger partial charge in [-0.15, -0.1) is 0 Å². The van der Waals surface area contributed by atoms with Crippen LogP contribution >= 0.6 is 0 Å². The van der Waals surface area contributed by atoms with Crippen molar-refractivity contribution in [3.8, 4) is 45.3 Å². The molecule has 0 unspecified atom stereocenters. The van der Waals surface area contributed by atoms with Crippen LogP contribution in [0.25, 0.3) is 110 Å². The van der Waals surface area contributed by atoms with Crippen molar-refractivity contribution in [1.82, 2.24) is 15.0 Å². The second kappa shape index (κ2) is 11.7. The topological polar surface area (TPSA) is 51.8 Å². The Morgan fingerprint density at radius 1 is 0.302 bits per heavy atom. The number of benzene rings is 9. The summed E-state index contributed by atoms with van der Waals surface area (Å²) in [6.07, 6.45) is 0. The molecule has 0 aliphatic rings. The standard InChI is InChI=1S/C49H29N3O/c1-2-13-32(14-3-1)47-50-48(52-49(51-47)42-29-36-16-7-8-17-37(36)39-25-23-31-12-6-9-18-38(31)45(39)42)40-19-10-20-44-46(40)41-28-35(24-26-43(41)53-44)34-22-21-30-11-4-5-15-33(30)27-34/h1-29H. The second-order valence-corrected chi connectivity index (χ2v) is 13.6. The molecule has 2 aromatic heterocycles. The molecule has 0 atom stereocenters. The molecule has 9 aromatic carbocycles. The number of furan rings is 1. The van der Waals surface area contributed by atoms with Gasteiger partial charge in [-0.1, -0.05) is 146 Å². The summed E-state index contributed by atoms with van der Waals surface area (Å²) in [5.41, 5.74) is 6.68. The lowest BCUT2D eigenvalue weighted by molar-refractivity contribution is 0.669.